The van der Waals surface area contributed by atoms with Gasteiger partial charge in [0.05, 0.1) is 29.8 Å². The number of ether oxygens (including phenoxy) is 4. The van der Waals surface area contributed by atoms with Gasteiger partial charge in [0, 0.05) is 49.0 Å². The molecule has 11 atom stereocenters. The van der Waals surface area contributed by atoms with E-state index < -0.39 is 99.8 Å². The molecule has 3 aliphatic carbocycles. The minimum absolute atomic E-state index is 0.119. The van der Waals surface area contributed by atoms with Crippen LogP contribution in [0.15, 0.2) is 71.8 Å². The van der Waals surface area contributed by atoms with Crippen molar-refractivity contribution in [3.8, 4) is 0 Å². The third-order valence-electron chi connectivity index (χ3n) is 13.8. The minimum atomic E-state index is -2.03. The first-order valence-electron chi connectivity index (χ1n) is 22.3. The van der Waals surface area contributed by atoms with E-state index in [0.717, 1.165) is 0 Å². The van der Waals surface area contributed by atoms with Crippen molar-refractivity contribution in [3.05, 3.63) is 82.9 Å². The highest BCUT2D eigenvalue weighted by Crippen LogP contribution is 2.67. The van der Waals surface area contributed by atoms with Crippen LogP contribution in [0, 0.1) is 22.7 Å². The van der Waals surface area contributed by atoms with Crippen molar-refractivity contribution >= 4 is 44.6 Å². The van der Waals surface area contributed by atoms with Gasteiger partial charge in [-0.3, -0.25) is 14.4 Å². The Labute approximate surface area is 378 Å². The quantitative estimate of drug-likeness (QED) is 0.0613. The van der Waals surface area contributed by atoms with Gasteiger partial charge < -0.3 is 43.8 Å². The van der Waals surface area contributed by atoms with E-state index in [4.69, 9.17) is 28.3 Å². The van der Waals surface area contributed by atoms with E-state index in [1.165, 1.54) is 14.4 Å². The third-order valence-corrected chi connectivity index (χ3v) is 13.8. The van der Waals surface area contributed by atoms with E-state index >= 15 is 4.79 Å². The molecule has 1 saturated heterocycles. The Morgan fingerprint density at radius 2 is 1.56 bits per heavy atom. The predicted molar refractivity (Wildman–Crippen MR) is 237 cm³/mol. The molecule has 2 radical (unpaired) electrons. The average molecular weight is 884 g/mol. The van der Waals surface area contributed by atoms with Crippen molar-refractivity contribution in [1.29, 1.82) is 0 Å². The number of fused-ring (bicyclic) bond motifs is 5. The molecular weight excluding hydrogens is 820 g/mol. The van der Waals surface area contributed by atoms with Crippen molar-refractivity contribution in [2.45, 2.75) is 155 Å². The normalized spacial score (nSPS) is 31.6. The number of hydrogen-bond acceptors (Lipinski definition) is 13. The predicted octanol–water partition coefficient (Wildman–Crippen LogP) is 6.09. The van der Waals surface area contributed by atoms with Gasteiger partial charge in [-0.25, -0.2) is 9.59 Å². The zero-order valence-corrected chi connectivity index (χ0v) is 38.7. The van der Waals surface area contributed by atoms with Crippen LogP contribution in [0.1, 0.15) is 110 Å². The summed E-state index contributed by atoms with van der Waals surface area (Å²) in [5.41, 5.74) is -5.90. The number of amides is 1. The Hall–Kier alpha value is -4.34. The lowest BCUT2D eigenvalue weighted by Gasteiger charge is -2.69. The SMILES string of the molecule is CC[B]OC1C[C@H]2OC[C@@]2(OC(C)=O)[C@H]2[C@H](CC(=O)c3ccccc3)[C@]3(O)CC(OC(=O)[C@H](O)C(NC(=O)OC(C)(C)C)c4ccccc4)C(C)=C([C@@H](O[B]CC)C(=O)[C@]12C)C3(C)C. The third kappa shape index (κ3) is 8.97. The molecular formula is C48H63B2NO13. The zero-order chi connectivity index (χ0) is 47.0. The summed E-state index contributed by atoms with van der Waals surface area (Å²) in [4.78, 5) is 71.5. The molecule has 0 spiro atoms. The van der Waals surface area contributed by atoms with Gasteiger partial charge in [-0.1, -0.05) is 101 Å². The molecule has 3 fully saturated rings. The first kappa shape index (κ1) is 49.1. The van der Waals surface area contributed by atoms with E-state index in [9.17, 15) is 29.4 Å². The summed E-state index contributed by atoms with van der Waals surface area (Å²) in [6.07, 6.45) is -6.74. The van der Waals surface area contributed by atoms with Crippen molar-refractivity contribution in [1.82, 2.24) is 5.32 Å². The molecule has 4 aliphatic rings. The van der Waals surface area contributed by atoms with Crippen LogP contribution in [-0.4, -0.2) is 109 Å². The fourth-order valence-electron chi connectivity index (χ4n) is 10.9. The molecule has 14 nitrogen and oxygen atoms in total. The van der Waals surface area contributed by atoms with E-state index in [0.29, 0.717) is 34.9 Å². The van der Waals surface area contributed by atoms with Gasteiger partial charge in [0.2, 0.25) is 0 Å². The van der Waals surface area contributed by atoms with E-state index in [2.05, 4.69) is 5.32 Å². The Morgan fingerprint density at radius 3 is 2.12 bits per heavy atom. The Balaban J connectivity index is 1.56. The summed E-state index contributed by atoms with van der Waals surface area (Å²) in [5.74, 6) is -4.85. The molecule has 16 heteroatoms. The molecule has 2 saturated carbocycles. The Bertz CT molecular complexity index is 2090. The van der Waals surface area contributed by atoms with Crippen molar-refractivity contribution in [2.24, 2.45) is 22.7 Å². The summed E-state index contributed by atoms with van der Waals surface area (Å²) >= 11 is 0. The molecule has 3 N–H and O–H groups in total. The Morgan fingerprint density at radius 1 is 0.953 bits per heavy atom. The number of esters is 2. The average Bonchev–Trinajstić information content (AvgIpc) is 3.23. The van der Waals surface area contributed by atoms with Crippen LogP contribution in [0.3, 0.4) is 0 Å². The number of hydrogen-bond donors (Lipinski definition) is 3. The van der Waals surface area contributed by atoms with Crippen LogP contribution >= 0.6 is 0 Å². The number of aliphatic hydroxyl groups is 2. The summed E-state index contributed by atoms with van der Waals surface area (Å²) < 4.78 is 37.2. The van der Waals surface area contributed by atoms with Gasteiger partial charge in [0.15, 0.2) is 23.3 Å². The van der Waals surface area contributed by atoms with Gasteiger partial charge in [0.1, 0.15) is 23.9 Å². The highest BCUT2D eigenvalue weighted by Gasteiger charge is 2.77. The lowest BCUT2D eigenvalue weighted by atomic mass is 9.41. The van der Waals surface area contributed by atoms with Gasteiger partial charge in [-0.15, -0.1) is 0 Å². The van der Waals surface area contributed by atoms with Gasteiger partial charge >= 0.3 is 18.0 Å². The number of carbonyl (C=O) groups is 5. The fourth-order valence-corrected chi connectivity index (χ4v) is 10.9. The topological polar surface area (TPSA) is 193 Å². The second-order valence-corrected chi connectivity index (χ2v) is 19.4. The van der Waals surface area contributed by atoms with E-state index in [1.807, 2.05) is 13.8 Å². The minimum Gasteiger partial charge on any atom is -0.456 e. The van der Waals surface area contributed by atoms with Crippen LogP contribution in [0.2, 0.25) is 12.6 Å². The highest BCUT2D eigenvalue weighted by atomic mass is 16.6. The number of benzene rings is 2. The molecule has 1 aliphatic heterocycles. The first-order chi connectivity index (χ1) is 30.1. The number of Topliss-reactive ketones (excluding diaryl/α,β-unsaturated/α-hetero) is 2. The smallest absolute Gasteiger partial charge is 0.408 e. The fraction of sp³-hybridized carbons (Fsp3) is 0.604. The summed E-state index contributed by atoms with van der Waals surface area (Å²) in [6, 6.07) is 15.7. The van der Waals surface area contributed by atoms with Crippen molar-refractivity contribution in [3.63, 3.8) is 0 Å². The monoisotopic (exact) mass is 883 g/mol. The highest BCUT2D eigenvalue weighted by molar-refractivity contribution is 6.28. The molecule has 344 valence electrons. The van der Waals surface area contributed by atoms with Crippen LogP contribution in [-0.2, 0) is 42.6 Å². The first-order valence-corrected chi connectivity index (χ1v) is 22.3. The Kier molecular flexibility index (Phi) is 14.5. The summed E-state index contributed by atoms with van der Waals surface area (Å²) in [7, 11) is 3.12. The molecule has 2 aromatic rings. The van der Waals surface area contributed by atoms with E-state index in [1.54, 1.807) is 117 Å². The van der Waals surface area contributed by atoms with Crippen molar-refractivity contribution in [2.75, 3.05) is 6.61 Å². The molecule has 0 aromatic heterocycles. The van der Waals surface area contributed by atoms with Crippen LogP contribution in [0.5, 0.6) is 0 Å². The second-order valence-electron chi connectivity index (χ2n) is 19.4. The molecule has 1 amide bonds. The molecule has 2 bridgehead atoms. The van der Waals surface area contributed by atoms with Crippen molar-refractivity contribution < 1.29 is 62.4 Å². The van der Waals surface area contributed by atoms with Gasteiger partial charge in [-0.2, -0.15) is 0 Å². The summed E-state index contributed by atoms with van der Waals surface area (Å²) in [6.45, 7) is 17.0. The number of aliphatic hydroxyl groups excluding tert-OH is 1. The number of ketones is 2. The van der Waals surface area contributed by atoms with Crippen LogP contribution in [0.25, 0.3) is 0 Å². The number of alkyl carbamates (subject to hydrolysis) is 1. The summed E-state index contributed by atoms with van der Waals surface area (Å²) in [5, 5.41) is 28.5. The van der Waals surface area contributed by atoms with Crippen LogP contribution in [0.4, 0.5) is 4.79 Å². The maximum absolute atomic E-state index is 16.0. The van der Waals surface area contributed by atoms with Gasteiger partial charge in [0.25, 0.3) is 15.0 Å². The lowest BCUT2D eigenvalue weighted by Crippen LogP contribution is -2.80. The number of carbonyl (C=O) groups excluding carboxylic acids is 5. The number of nitrogens with one attached hydrogen (secondary N) is 1. The molecule has 1 heterocycles. The number of rotatable bonds is 15. The second kappa shape index (κ2) is 18.9. The van der Waals surface area contributed by atoms with Gasteiger partial charge in [-0.05, 0) is 51.3 Å². The van der Waals surface area contributed by atoms with E-state index in [-0.39, 0.29) is 31.7 Å². The molecule has 64 heavy (non-hydrogen) atoms. The molecule has 3 unspecified atom stereocenters. The zero-order valence-electron chi connectivity index (χ0n) is 38.7. The van der Waals surface area contributed by atoms with Crippen LogP contribution < -0.4 is 5.32 Å². The maximum atomic E-state index is 16.0. The largest absolute Gasteiger partial charge is 0.456 e. The molecule has 2 aromatic carbocycles. The maximum Gasteiger partial charge on any atom is 0.408 e. The molecule has 6 rings (SSSR count). The lowest BCUT2D eigenvalue weighted by molar-refractivity contribution is -0.337. The standard InChI is InChI=1S/C48H63B2NO13/c1-11-49-63-34-24-35-47(26-59-35,61-28(4)52)40-31(23-32(53)29-19-15-13-16-20-29)48(58)25-33(27(3)36(45(48,8)9)39(64-50-12-2)41(55)46(34,40)10)60-42(56)38(54)37(30-21-17-14-18-22-30)51-43(57)62-44(5,6)7/h13-22,31,33-35,37-40,54,58H,11-12,23-26H2,1-10H3,(H,51,57)/t31-,33?,34?,35+,37?,38+,39+,40-,46+,47-,48+/m0/s1.